The number of aromatic hydroxyl groups is 1. The first-order chi connectivity index (χ1) is 16.7. The van der Waals surface area contributed by atoms with Crippen molar-refractivity contribution in [2.75, 3.05) is 4.90 Å². The third-order valence-electron chi connectivity index (χ3n) is 5.68. The standard InChI is InChI=1S/C28H25NO6/c1-16(2)35-28(34)20-5-4-6-21(15-20)29-24(18-11-13-22(30)14-12-18)23(26(32)27(29)33)25(31)19-9-7-17(3)8-10-19/h4-16,24,30-31H,1-3H3/b25-23+. The Morgan fingerprint density at radius 2 is 1.60 bits per heavy atom. The maximum Gasteiger partial charge on any atom is 0.338 e. The van der Waals surface area contributed by atoms with Crippen molar-refractivity contribution in [1.29, 1.82) is 0 Å². The van der Waals surface area contributed by atoms with E-state index < -0.39 is 23.7 Å². The molecule has 7 nitrogen and oxygen atoms in total. The molecule has 178 valence electrons. The molecule has 1 aliphatic rings. The number of anilines is 1. The summed E-state index contributed by atoms with van der Waals surface area (Å²) in [7, 11) is 0. The zero-order valence-electron chi connectivity index (χ0n) is 19.6. The highest BCUT2D eigenvalue weighted by molar-refractivity contribution is 6.51. The molecule has 0 saturated carbocycles. The molecule has 1 fully saturated rings. The lowest BCUT2D eigenvalue weighted by molar-refractivity contribution is -0.132. The number of aryl methyl sites for hydroxylation is 1. The van der Waals surface area contributed by atoms with Crippen molar-refractivity contribution in [3.05, 3.63) is 101 Å². The van der Waals surface area contributed by atoms with Crippen LogP contribution >= 0.6 is 0 Å². The highest BCUT2D eigenvalue weighted by atomic mass is 16.5. The number of carbonyl (C=O) groups is 3. The third-order valence-corrected chi connectivity index (χ3v) is 5.68. The van der Waals surface area contributed by atoms with Crippen molar-refractivity contribution >= 4 is 29.1 Å². The fourth-order valence-corrected chi connectivity index (χ4v) is 4.00. The largest absolute Gasteiger partial charge is 0.508 e. The van der Waals surface area contributed by atoms with E-state index in [2.05, 4.69) is 0 Å². The van der Waals surface area contributed by atoms with Crippen LogP contribution in [-0.2, 0) is 14.3 Å². The van der Waals surface area contributed by atoms with Crippen molar-refractivity contribution in [3.8, 4) is 5.75 Å². The molecule has 1 aliphatic heterocycles. The van der Waals surface area contributed by atoms with E-state index in [1.165, 1.54) is 23.1 Å². The van der Waals surface area contributed by atoms with Gasteiger partial charge in [-0.25, -0.2) is 4.79 Å². The number of phenolic OH excluding ortho intramolecular Hbond substituents is 1. The Hall–Kier alpha value is -4.39. The minimum absolute atomic E-state index is 0.0164. The maximum atomic E-state index is 13.3. The third kappa shape index (κ3) is 4.66. The molecule has 2 N–H and O–H groups in total. The molecule has 0 aromatic heterocycles. The monoisotopic (exact) mass is 471 g/mol. The summed E-state index contributed by atoms with van der Waals surface area (Å²) in [6.45, 7) is 5.36. The fourth-order valence-electron chi connectivity index (χ4n) is 4.00. The van der Waals surface area contributed by atoms with Crippen molar-refractivity contribution in [1.82, 2.24) is 0 Å². The number of amides is 1. The summed E-state index contributed by atoms with van der Waals surface area (Å²) in [5, 5.41) is 20.9. The molecule has 0 bridgehead atoms. The number of phenols is 1. The van der Waals surface area contributed by atoms with Gasteiger partial charge in [-0.3, -0.25) is 14.5 Å². The Labute approximate surface area is 202 Å². The average Bonchev–Trinajstić information content (AvgIpc) is 3.09. The molecule has 7 heteroatoms. The minimum Gasteiger partial charge on any atom is -0.508 e. The topological polar surface area (TPSA) is 104 Å². The van der Waals surface area contributed by atoms with Gasteiger partial charge in [0.2, 0.25) is 0 Å². The van der Waals surface area contributed by atoms with E-state index in [-0.39, 0.29) is 28.7 Å². The van der Waals surface area contributed by atoms with Crippen molar-refractivity contribution in [2.24, 2.45) is 0 Å². The van der Waals surface area contributed by atoms with Crippen LogP contribution in [0.1, 0.15) is 46.9 Å². The summed E-state index contributed by atoms with van der Waals surface area (Å²) in [5.74, 6) is -2.54. The Bertz CT molecular complexity index is 1320. The van der Waals surface area contributed by atoms with Crippen LogP contribution in [0.4, 0.5) is 5.69 Å². The van der Waals surface area contributed by atoms with Crippen LogP contribution < -0.4 is 4.90 Å². The number of esters is 1. The summed E-state index contributed by atoms with van der Waals surface area (Å²) in [6.07, 6.45) is -0.327. The van der Waals surface area contributed by atoms with E-state index in [0.29, 0.717) is 16.8 Å². The number of benzene rings is 3. The number of hydrogen-bond donors (Lipinski definition) is 2. The second-order valence-corrected chi connectivity index (χ2v) is 8.63. The number of hydrogen-bond acceptors (Lipinski definition) is 6. The van der Waals surface area contributed by atoms with E-state index in [0.717, 1.165) is 5.56 Å². The molecule has 1 atom stereocenters. The van der Waals surface area contributed by atoms with Gasteiger partial charge in [0.1, 0.15) is 11.5 Å². The quantitative estimate of drug-likeness (QED) is 0.238. The minimum atomic E-state index is -0.978. The number of nitrogens with zero attached hydrogens (tertiary/aromatic N) is 1. The molecule has 1 heterocycles. The molecular formula is C28H25NO6. The molecule has 3 aromatic carbocycles. The summed E-state index contributed by atoms with van der Waals surface area (Å²) < 4.78 is 5.27. The summed E-state index contributed by atoms with van der Waals surface area (Å²) in [4.78, 5) is 40.2. The average molecular weight is 472 g/mol. The Balaban J connectivity index is 1.88. The van der Waals surface area contributed by atoms with E-state index in [1.54, 1.807) is 68.4 Å². The van der Waals surface area contributed by atoms with Crippen molar-refractivity contribution < 1.29 is 29.3 Å². The highest BCUT2D eigenvalue weighted by Crippen LogP contribution is 2.42. The molecule has 35 heavy (non-hydrogen) atoms. The smallest absolute Gasteiger partial charge is 0.338 e. The molecule has 0 aliphatic carbocycles. The van der Waals surface area contributed by atoms with Crippen LogP contribution in [0.5, 0.6) is 5.75 Å². The zero-order valence-corrected chi connectivity index (χ0v) is 19.6. The van der Waals surface area contributed by atoms with Gasteiger partial charge in [-0.2, -0.15) is 0 Å². The van der Waals surface area contributed by atoms with Gasteiger partial charge in [-0.05, 0) is 56.7 Å². The van der Waals surface area contributed by atoms with E-state index >= 15 is 0 Å². The molecule has 3 aromatic rings. The molecule has 1 unspecified atom stereocenters. The van der Waals surface area contributed by atoms with Crippen LogP contribution in [0.25, 0.3) is 5.76 Å². The van der Waals surface area contributed by atoms with Crippen molar-refractivity contribution in [3.63, 3.8) is 0 Å². The highest BCUT2D eigenvalue weighted by Gasteiger charge is 2.47. The number of aliphatic hydroxyl groups is 1. The Morgan fingerprint density at radius 3 is 2.23 bits per heavy atom. The molecule has 0 spiro atoms. The van der Waals surface area contributed by atoms with Crippen LogP contribution in [0.15, 0.2) is 78.4 Å². The number of ketones is 1. The van der Waals surface area contributed by atoms with Gasteiger partial charge >= 0.3 is 5.97 Å². The number of ether oxygens (including phenoxy) is 1. The summed E-state index contributed by atoms with van der Waals surface area (Å²) in [5.41, 5.74) is 2.31. The van der Waals surface area contributed by atoms with E-state index in [4.69, 9.17) is 4.74 Å². The second kappa shape index (κ2) is 9.46. The Morgan fingerprint density at radius 1 is 0.943 bits per heavy atom. The first-order valence-corrected chi connectivity index (χ1v) is 11.2. The van der Waals surface area contributed by atoms with Crippen molar-refractivity contribution in [2.45, 2.75) is 32.9 Å². The number of carbonyl (C=O) groups excluding carboxylic acids is 3. The van der Waals surface area contributed by atoms with Gasteiger partial charge in [0, 0.05) is 11.3 Å². The lowest BCUT2D eigenvalue weighted by atomic mass is 9.94. The number of rotatable bonds is 5. The van der Waals surface area contributed by atoms with Gasteiger partial charge in [-0.1, -0.05) is 48.0 Å². The van der Waals surface area contributed by atoms with Crippen LogP contribution in [0.2, 0.25) is 0 Å². The van der Waals surface area contributed by atoms with E-state index in [1.807, 2.05) is 6.92 Å². The molecule has 0 radical (unpaired) electrons. The lowest BCUT2D eigenvalue weighted by Gasteiger charge is -2.26. The molecular weight excluding hydrogens is 446 g/mol. The predicted octanol–water partition coefficient (Wildman–Crippen LogP) is 4.89. The van der Waals surface area contributed by atoms with Gasteiger partial charge in [0.05, 0.1) is 23.3 Å². The van der Waals surface area contributed by atoms with Gasteiger partial charge in [0.15, 0.2) is 0 Å². The van der Waals surface area contributed by atoms with Gasteiger partial charge < -0.3 is 14.9 Å². The molecule has 4 rings (SSSR count). The summed E-state index contributed by atoms with van der Waals surface area (Å²) in [6, 6.07) is 18.3. The number of Topliss-reactive ketones (excluding diaryl/α,β-unsaturated/α-hetero) is 1. The first-order valence-electron chi connectivity index (χ1n) is 11.2. The summed E-state index contributed by atoms with van der Waals surface area (Å²) >= 11 is 0. The van der Waals surface area contributed by atoms with E-state index in [9.17, 15) is 24.6 Å². The van der Waals surface area contributed by atoms with Gasteiger partial charge in [0.25, 0.3) is 11.7 Å². The second-order valence-electron chi connectivity index (χ2n) is 8.63. The Kier molecular flexibility index (Phi) is 6.42. The van der Waals surface area contributed by atoms with Crippen LogP contribution in [-0.4, -0.2) is 34.0 Å². The maximum absolute atomic E-state index is 13.3. The number of aliphatic hydroxyl groups excluding tert-OH is 1. The fraction of sp³-hybridized carbons (Fsp3) is 0.179. The normalized spacial score (nSPS) is 17.1. The van der Waals surface area contributed by atoms with Gasteiger partial charge in [-0.15, -0.1) is 0 Å². The molecule has 1 amide bonds. The first kappa shape index (κ1) is 23.8. The SMILES string of the molecule is Cc1ccc(/C(O)=C2\C(=O)C(=O)N(c3cccc(C(=O)OC(C)C)c3)C2c2ccc(O)cc2)cc1. The lowest BCUT2D eigenvalue weighted by Crippen LogP contribution is -2.29. The zero-order chi connectivity index (χ0) is 25.3. The molecule has 1 saturated heterocycles. The predicted molar refractivity (Wildman–Crippen MR) is 131 cm³/mol. The van der Waals surface area contributed by atoms with Crippen LogP contribution in [0, 0.1) is 6.92 Å². The van der Waals surface area contributed by atoms with Crippen LogP contribution in [0.3, 0.4) is 0 Å².